The number of carbonyl (C=O) groups is 1. The number of alkyl halides is 3. The first kappa shape index (κ1) is 16.9. The van der Waals surface area contributed by atoms with E-state index >= 15 is 0 Å². The molecule has 0 spiro atoms. The first-order chi connectivity index (χ1) is 10.3. The van der Waals surface area contributed by atoms with E-state index in [4.69, 9.17) is 21.4 Å². The molecule has 0 amide bonds. The van der Waals surface area contributed by atoms with E-state index in [9.17, 15) is 18.0 Å². The molecule has 2 rings (SSSR count). The Kier molecular flexibility index (Phi) is 5.18. The van der Waals surface area contributed by atoms with Crippen LogP contribution in [0.5, 0.6) is 5.75 Å². The van der Waals surface area contributed by atoms with Gasteiger partial charge in [-0.3, -0.25) is 9.69 Å². The summed E-state index contributed by atoms with van der Waals surface area (Å²) in [7, 11) is 0. The summed E-state index contributed by atoms with van der Waals surface area (Å²) < 4.78 is 43.9. The zero-order valence-electron chi connectivity index (χ0n) is 11.5. The molecule has 1 fully saturated rings. The van der Waals surface area contributed by atoms with Crippen LogP contribution in [0.25, 0.3) is 0 Å². The van der Waals surface area contributed by atoms with Gasteiger partial charge in [0.05, 0.1) is 11.8 Å². The van der Waals surface area contributed by atoms with E-state index in [1.807, 2.05) is 0 Å². The molecule has 122 valence electrons. The predicted octanol–water partition coefficient (Wildman–Crippen LogP) is 2.91. The predicted molar refractivity (Wildman–Crippen MR) is 74.1 cm³/mol. The van der Waals surface area contributed by atoms with Crippen molar-refractivity contribution in [2.24, 2.45) is 11.8 Å². The Labute approximate surface area is 130 Å². The molecule has 1 aliphatic rings. The van der Waals surface area contributed by atoms with Crippen LogP contribution < -0.4 is 4.74 Å². The summed E-state index contributed by atoms with van der Waals surface area (Å²) in [5, 5.41) is 9.43. The maximum absolute atomic E-state index is 12.8. The highest BCUT2D eigenvalue weighted by atomic mass is 35.5. The normalized spacial score (nSPS) is 22.7. The van der Waals surface area contributed by atoms with Gasteiger partial charge >= 0.3 is 12.1 Å². The van der Waals surface area contributed by atoms with Crippen molar-refractivity contribution in [3.05, 3.63) is 29.3 Å². The highest BCUT2D eigenvalue weighted by Gasteiger charge is 2.52. The van der Waals surface area contributed by atoms with Crippen molar-refractivity contribution < 1.29 is 27.8 Å². The third-order valence-electron chi connectivity index (χ3n) is 3.61. The van der Waals surface area contributed by atoms with Crippen molar-refractivity contribution in [2.75, 3.05) is 26.2 Å². The SMILES string of the molecule is O=C(O)[C@@H]1CN(CCOc2cccc(Cl)c2)C[C@H]1C(F)(F)F. The largest absolute Gasteiger partial charge is 0.492 e. The maximum Gasteiger partial charge on any atom is 0.393 e. The second kappa shape index (κ2) is 6.75. The van der Waals surface area contributed by atoms with E-state index in [1.165, 1.54) is 4.90 Å². The summed E-state index contributed by atoms with van der Waals surface area (Å²) in [5.41, 5.74) is 0. The summed E-state index contributed by atoms with van der Waals surface area (Å²) in [6.07, 6.45) is -4.51. The number of rotatable bonds is 5. The van der Waals surface area contributed by atoms with Crippen LogP contribution in [0.2, 0.25) is 5.02 Å². The number of hydrogen-bond acceptors (Lipinski definition) is 3. The molecule has 0 radical (unpaired) electrons. The van der Waals surface area contributed by atoms with Crippen LogP contribution >= 0.6 is 11.6 Å². The van der Waals surface area contributed by atoms with Gasteiger partial charge in [-0.15, -0.1) is 0 Å². The van der Waals surface area contributed by atoms with Crippen LogP contribution in [-0.4, -0.2) is 48.4 Å². The summed E-state index contributed by atoms with van der Waals surface area (Å²) in [6, 6.07) is 6.67. The van der Waals surface area contributed by atoms with Gasteiger partial charge in [-0.25, -0.2) is 0 Å². The van der Waals surface area contributed by atoms with Gasteiger partial charge in [-0.1, -0.05) is 17.7 Å². The lowest BCUT2D eigenvalue weighted by Crippen LogP contribution is -2.33. The lowest BCUT2D eigenvalue weighted by Gasteiger charge is -2.18. The Balaban J connectivity index is 1.88. The lowest BCUT2D eigenvalue weighted by molar-refractivity contribution is -0.188. The van der Waals surface area contributed by atoms with E-state index in [0.29, 0.717) is 10.8 Å². The van der Waals surface area contributed by atoms with Gasteiger partial charge in [0.1, 0.15) is 12.4 Å². The van der Waals surface area contributed by atoms with Crippen LogP contribution in [0, 0.1) is 11.8 Å². The minimum Gasteiger partial charge on any atom is -0.492 e. The van der Waals surface area contributed by atoms with E-state index in [-0.39, 0.29) is 26.2 Å². The molecule has 0 aromatic heterocycles. The molecule has 0 unspecified atom stereocenters. The van der Waals surface area contributed by atoms with Crippen LogP contribution in [0.15, 0.2) is 24.3 Å². The van der Waals surface area contributed by atoms with Gasteiger partial charge in [0.15, 0.2) is 0 Å². The van der Waals surface area contributed by atoms with Crippen LogP contribution in [-0.2, 0) is 4.79 Å². The summed E-state index contributed by atoms with van der Waals surface area (Å²) in [4.78, 5) is 12.4. The Bertz CT molecular complexity index is 538. The van der Waals surface area contributed by atoms with Gasteiger partial charge in [-0.05, 0) is 18.2 Å². The molecule has 1 aromatic rings. The minimum absolute atomic E-state index is 0.127. The number of nitrogens with zero attached hydrogens (tertiary/aromatic N) is 1. The van der Waals surface area contributed by atoms with Crippen molar-refractivity contribution in [2.45, 2.75) is 6.18 Å². The fourth-order valence-electron chi connectivity index (χ4n) is 2.50. The molecule has 22 heavy (non-hydrogen) atoms. The van der Waals surface area contributed by atoms with Crippen LogP contribution in [0.1, 0.15) is 0 Å². The van der Waals surface area contributed by atoms with Crippen molar-refractivity contribution in [3.63, 3.8) is 0 Å². The number of hydrogen-bond donors (Lipinski definition) is 1. The van der Waals surface area contributed by atoms with Crippen LogP contribution in [0.3, 0.4) is 0 Å². The van der Waals surface area contributed by atoms with Gasteiger partial charge in [0.25, 0.3) is 0 Å². The Morgan fingerprint density at radius 1 is 1.41 bits per heavy atom. The number of aliphatic carboxylic acids is 1. The number of carboxylic acid groups (broad SMARTS) is 1. The third-order valence-corrected chi connectivity index (χ3v) is 3.84. The van der Waals surface area contributed by atoms with Gasteiger partial charge in [0.2, 0.25) is 0 Å². The Morgan fingerprint density at radius 2 is 2.14 bits per heavy atom. The average Bonchev–Trinajstić information content (AvgIpc) is 2.83. The summed E-state index contributed by atoms with van der Waals surface area (Å²) in [5.74, 6) is -4.16. The van der Waals surface area contributed by atoms with E-state index < -0.39 is 24.0 Å². The molecule has 1 N–H and O–H groups in total. The number of likely N-dealkylation sites (tertiary alicyclic amines) is 1. The summed E-state index contributed by atoms with van der Waals surface area (Å²) >= 11 is 5.79. The number of carboxylic acids is 1. The standard InChI is InChI=1S/C14H15ClF3NO3/c15-9-2-1-3-10(6-9)22-5-4-19-7-11(13(20)21)12(8-19)14(16,17)18/h1-3,6,11-12H,4-5,7-8H2,(H,20,21)/t11-,12-/m1/s1. The maximum atomic E-state index is 12.8. The molecule has 1 saturated heterocycles. The first-order valence-electron chi connectivity index (χ1n) is 6.67. The smallest absolute Gasteiger partial charge is 0.393 e. The number of benzene rings is 1. The molecule has 2 atom stereocenters. The average molecular weight is 338 g/mol. The van der Waals surface area contributed by atoms with Crippen molar-refractivity contribution in [1.29, 1.82) is 0 Å². The molecule has 1 aliphatic heterocycles. The molecule has 1 aromatic carbocycles. The fraction of sp³-hybridized carbons (Fsp3) is 0.500. The van der Waals surface area contributed by atoms with Crippen LogP contribution in [0.4, 0.5) is 13.2 Å². The Morgan fingerprint density at radius 3 is 2.68 bits per heavy atom. The van der Waals surface area contributed by atoms with E-state index in [0.717, 1.165) is 0 Å². The van der Waals surface area contributed by atoms with Crippen molar-refractivity contribution in [3.8, 4) is 5.75 Å². The van der Waals surface area contributed by atoms with Crippen molar-refractivity contribution >= 4 is 17.6 Å². The molecule has 0 saturated carbocycles. The van der Waals surface area contributed by atoms with Gasteiger partial charge < -0.3 is 9.84 Å². The molecule has 4 nitrogen and oxygen atoms in total. The molecular weight excluding hydrogens is 323 g/mol. The number of halogens is 4. The van der Waals surface area contributed by atoms with Gasteiger partial charge in [0, 0.05) is 24.7 Å². The monoisotopic (exact) mass is 337 g/mol. The molecule has 1 heterocycles. The molecular formula is C14H15ClF3NO3. The zero-order valence-corrected chi connectivity index (χ0v) is 12.3. The zero-order chi connectivity index (χ0) is 16.3. The van der Waals surface area contributed by atoms with E-state index in [2.05, 4.69) is 0 Å². The fourth-order valence-corrected chi connectivity index (χ4v) is 2.68. The molecule has 8 heteroatoms. The second-order valence-corrected chi connectivity index (χ2v) is 5.59. The summed E-state index contributed by atoms with van der Waals surface area (Å²) in [6.45, 7) is -0.0576. The first-order valence-corrected chi connectivity index (χ1v) is 7.05. The lowest BCUT2D eigenvalue weighted by atomic mass is 9.96. The minimum atomic E-state index is -4.51. The molecule has 0 bridgehead atoms. The quantitative estimate of drug-likeness (QED) is 0.897. The highest BCUT2D eigenvalue weighted by Crippen LogP contribution is 2.37. The number of ether oxygens (including phenoxy) is 1. The molecule has 0 aliphatic carbocycles. The second-order valence-electron chi connectivity index (χ2n) is 5.16. The Hall–Kier alpha value is -1.47. The van der Waals surface area contributed by atoms with E-state index in [1.54, 1.807) is 24.3 Å². The third kappa shape index (κ3) is 4.27. The highest BCUT2D eigenvalue weighted by molar-refractivity contribution is 6.30. The van der Waals surface area contributed by atoms with Crippen molar-refractivity contribution in [1.82, 2.24) is 4.90 Å². The topological polar surface area (TPSA) is 49.8 Å². The van der Waals surface area contributed by atoms with Gasteiger partial charge in [-0.2, -0.15) is 13.2 Å².